The van der Waals surface area contributed by atoms with E-state index in [-0.39, 0.29) is 12.1 Å². The van der Waals surface area contributed by atoms with E-state index in [1.165, 1.54) is 12.2 Å². The van der Waals surface area contributed by atoms with E-state index in [2.05, 4.69) is 0 Å². The summed E-state index contributed by atoms with van der Waals surface area (Å²) in [7, 11) is 0. The fourth-order valence-corrected chi connectivity index (χ4v) is 1.10. The quantitative estimate of drug-likeness (QED) is 0.375. The van der Waals surface area contributed by atoms with E-state index in [9.17, 15) is 14.9 Å². The normalized spacial score (nSPS) is 16.4. The molecule has 0 spiro atoms. The number of allylic oxidation sites excluding steroid dienone is 4. The Morgan fingerprint density at radius 1 is 1.50 bits per heavy atom. The molecule has 0 unspecified atom stereocenters. The largest absolute Gasteiger partial charge is 0.276 e. The maximum absolute atomic E-state index is 10.6. The number of rotatable bonds is 2. The molecule has 0 heterocycles. The first-order chi connectivity index (χ1) is 5.61. The zero-order valence-electron chi connectivity index (χ0n) is 6.12. The van der Waals surface area contributed by atoms with E-state index in [0.717, 1.165) is 0 Å². The van der Waals surface area contributed by atoms with Gasteiger partial charge in [-0.25, -0.2) is 0 Å². The van der Waals surface area contributed by atoms with Gasteiger partial charge in [0.15, 0.2) is 0 Å². The molecule has 0 aliphatic heterocycles. The van der Waals surface area contributed by atoms with Gasteiger partial charge in [0.1, 0.15) is 0 Å². The summed E-state index contributed by atoms with van der Waals surface area (Å²) in [6, 6.07) is 0. The third-order valence-corrected chi connectivity index (χ3v) is 1.86. The van der Waals surface area contributed by atoms with Crippen molar-refractivity contribution < 1.29 is 9.72 Å². The van der Waals surface area contributed by atoms with Crippen LogP contribution < -0.4 is 0 Å². The molecule has 1 aliphatic rings. The lowest BCUT2D eigenvalue weighted by atomic mass is 10.0. The second-order valence-corrected chi connectivity index (χ2v) is 2.72. The Bertz CT molecular complexity index is 263. The van der Waals surface area contributed by atoms with Crippen molar-refractivity contribution in [1.29, 1.82) is 0 Å². The van der Waals surface area contributed by atoms with Crippen molar-refractivity contribution >= 4 is 16.8 Å². The summed E-state index contributed by atoms with van der Waals surface area (Å²) in [5, 5.41) is 9.69. The lowest BCUT2D eigenvalue weighted by Gasteiger charge is -2.04. The lowest BCUT2D eigenvalue weighted by molar-refractivity contribution is -0.428. The predicted molar refractivity (Wildman–Crippen MR) is 43.3 cm³/mol. The molecule has 1 aliphatic carbocycles. The Labute approximate surface area is 73.7 Å². The van der Waals surface area contributed by atoms with Crippen molar-refractivity contribution in [2.24, 2.45) is 0 Å². The smallest absolute Gasteiger partial charge is 0.248 e. The predicted octanol–water partition coefficient (Wildman–Crippen LogP) is 1.63. The summed E-state index contributed by atoms with van der Waals surface area (Å²) >= 11 is 5.18. The third-order valence-electron chi connectivity index (χ3n) is 1.61. The molecule has 0 atom stereocenters. The molecule has 64 valence electrons. The van der Waals surface area contributed by atoms with Gasteiger partial charge in [-0.05, 0) is 24.1 Å². The van der Waals surface area contributed by atoms with Crippen molar-refractivity contribution in [1.82, 2.24) is 0 Å². The molecule has 5 heteroatoms. The highest BCUT2D eigenvalue weighted by Gasteiger charge is 2.17. The van der Waals surface area contributed by atoms with Crippen LogP contribution in [0.4, 0.5) is 0 Å². The topological polar surface area (TPSA) is 60.2 Å². The van der Waals surface area contributed by atoms with Crippen LogP contribution >= 0.6 is 11.6 Å². The van der Waals surface area contributed by atoms with Gasteiger partial charge in [0, 0.05) is 18.1 Å². The molecule has 0 aromatic carbocycles. The van der Waals surface area contributed by atoms with Crippen LogP contribution in [-0.2, 0) is 4.79 Å². The Balaban J connectivity index is 2.80. The molecule has 0 bridgehead atoms. The van der Waals surface area contributed by atoms with Crippen LogP contribution in [0.1, 0.15) is 12.8 Å². The van der Waals surface area contributed by atoms with Gasteiger partial charge in [0.2, 0.25) is 10.9 Å². The Hall–Kier alpha value is -1.16. The molecule has 0 radical (unpaired) electrons. The average Bonchev–Trinajstić information content (AvgIpc) is 2.04. The summed E-state index contributed by atoms with van der Waals surface area (Å²) < 4.78 is 0. The first-order valence-corrected chi connectivity index (χ1v) is 3.73. The summed E-state index contributed by atoms with van der Waals surface area (Å²) in [6.07, 6.45) is 3.35. The van der Waals surface area contributed by atoms with Gasteiger partial charge in [0.25, 0.3) is 0 Å². The van der Waals surface area contributed by atoms with Crippen LogP contribution in [0.25, 0.3) is 0 Å². The first-order valence-electron chi connectivity index (χ1n) is 3.35. The van der Waals surface area contributed by atoms with Gasteiger partial charge in [-0.2, -0.15) is 0 Å². The number of hydrogen-bond acceptors (Lipinski definition) is 3. The molecule has 12 heavy (non-hydrogen) atoms. The number of nitrogens with zero attached hydrogens (tertiary/aromatic N) is 1. The van der Waals surface area contributed by atoms with Crippen LogP contribution in [0.3, 0.4) is 0 Å². The van der Waals surface area contributed by atoms with Crippen LogP contribution in [-0.4, -0.2) is 10.2 Å². The second kappa shape index (κ2) is 3.49. The summed E-state index contributed by atoms with van der Waals surface area (Å²) in [4.78, 5) is 20.3. The maximum Gasteiger partial charge on any atom is 0.248 e. The fraction of sp³-hybridized carbons (Fsp3) is 0.286. The molecule has 0 fully saturated rings. The standard InChI is InChI=1S/C7H6ClNO3/c8-7(10)5-1-3-6(4-2-5)9(11)12/h1,3H,2,4H2. The molecule has 0 amide bonds. The van der Waals surface area contributed by atoms with Gasteiger partial charge >= 0.3 is 0 Å². The van der Waals surface area contributed by atoms with Gasteiger partial charge in [-0.1, -0.05) is 0 Å². The molecule has 0 saturated heterocycles. The van der Waals surface area contributed by atoms with Crippen molar-refractivity contribution in [2.75, 3.05) is 0 Å². The average molecular weight is 188 g/mol. The van der Waals surface area contributed by atoms with E-state index in [4.69, 9.17) is 11.6 Å². The van der Waals surface area contributed by atoms with Gasteiger partial charge < -0.3 is 0 Å². The van der Waals surface area contributed by atoms with Crippen molar-refractivity contribution in [2.45, 2.75) is 12.8 Å². The third kappa shape index (κ3) is 1.92. The SMILES string of the molecule is O=C(Cl)C1=CC=C([N+](=O)[O-])CC1. The van der Waals surface area contributed by atoms with E-state index >= 15 is 0 Å². The van der Waals surface area contributed by atoms with E-state index < -0.39 is 10.2 Å². The van der Waals surface area contributed by atoms with Gasteiger partial charge in [0.05, 0.1) is 4.92 Å². The van der Waals surface area contributed by atoms with Gasteiger partial charge in [-0.15, -0.1) is 0 Å². The molecule has 0 N–H and O–H groups in total. The van der Waals surface area contributed by atoms with Gasteiger partial charge in [-0.3, -0.25) is 14.9 Å². The number of carbonyl (C=O) groups is 1. The fourth-order valence-electron chi connectivity index (χ4n) is 0.942. The summed E-state index contributed by atoms with van der Waals surface area (Å²) in [5.74, 6) is 0. The van der Waals surface area contributed by atoms with E-state index in [0.29, 0.717) is 12.0 Å². The summed E-state index contributed by atoms with van der Waals surface area (Å²) in [6.45, 7) is 0. The molecule has 0 aromatic heterocycles. The minimum absolute atomic E-state index is 0.122. The van der Waals surface area contributed by atoms with Crippen LogP contribution in [0.5, 0.6) is 0 Å². The van der Waals surface area contributed by atoms with E-state index in [1.807, 2.05) is 0 Å². The zero-order valence-corrected chi connectivity index (χ0v) is 6.87. The highest BCUT2D eigenvalue weighted by molar-refractivity contribution is 6.67. The van der Waals surface area contributed by atoms with Crippen molar-refractivity contribution in [3.05, 3.63) is 33.5 Å². The zero-order chi connectivity index (χ0) is 9.14. The molecule has 4 nitrogen and oxygen atoms in total. The molecule has 0 saturated carbocycles. The molecular formula is C7H6ClNO3. The Morgan fingerprint density at radius 2 is 2.17 bits per heavy atom. The maximum atomic E-state index is 10.6. The summed E-state index contributed by atoms with van der Waals surface area (Å²) in [5.41, 5.74) is 0.555. The van der Waals surface area contributed by atoms with E-state index in [1.54, 1.807) is 0 Å². The van der Waals surface area contributed by atoms with Crippen LogP contribution in [0.2, 0.25) is 0 Å². The molecular weight excluding hydrogens is 182 g/mol. The number of halogens is 1. The highest BCUT2D eigenvalue weighted by Crippen LogP contribution is 2.19. The monoisotopic (exact) mass is 187 g/mol. The minimum Gasteiger partial charge on any atom is -0.276 e. The highest BCUT2D eigenvalue weighted by atomic mass is 35.5. The van der Waals surface area contributed by atoms with Crippen LogP contribution in [0.15, 0.2) is 23.4 Å². The number of nitro groups is 1. The second-order valence-electron chi connectivity index (χ2n) is 2.38. The van der Waals surface area contributed by atoms with Crippen molar-refractivity contribution in [3.8, 4) is 0 Å². The van der Waals surface area contributed by atoms with Crippen LogP contribution in [0, 0.1) is 10.1 Å². The Morgan fingerprint density at radius 3 is 2.50 bits per heavy atom. The first kappa shape index (κ1) is 8.93. The molecule has 1 rings (SSSR count). The number of hydrogen-bond donors (Lipinski definition) is 0. The van der Waals surface area contributed by atoms with Crippen molar-refractivity contribution in [3.63, 3.8) is 0 Å². The number of carbonyl (C=O) groups excluding carboxylic acids is 1. The minimum atomic E-state index is -0.534. The molecule has 0 aromatic rings. The lowest BCUT2D eigenvalue weighted by Crippen LogP contribution is -2.05. The Kier molecular flexibility index (Phi) is 2.60.